The monoisotopic (exact) mass is 418 g/mol. The Bertz CT molecular complexity index is 839. The highest BCUT2D eigenvalue weighted by Crippen LogP contribution is 2.55. The van der Waals surface area contributed by atoms with Gasteiger partial charge in [0.1, 0.15) is 0 Å². The van der Waals surface area contributed by atoms with Gasteiger partial charge in [0, 0.05) is 24.3 Å². The molecule has 6 rings (SSSR count). The van der Waals surface area contributed by atoms with Crippen molar-refractivity contribution in [2.24, 2.45) is 17.8 Å². The number of benzene rings is 1. The van der Waals surface area contributed by atoms with Gasteiger partial charge in [-0.15, -0.1) is 0 Å². The SMILES string of the molecule is O=C(NC12CC3CC(CC(C3)C1)C2)c1ccc(S(=O)(=O)NCC2CCCO2)cc1. The molecule has 1 heterocycles. The molecule has 4 saturated carbocycles. The summed E-state index contributed by atoms with van der Waals surface area (Å²) in [5.74, 6) is 2.22. The summed E-state index contributed by atoms with van der Waals surface area (Å²) in [6.07, 6.45) is 9.11. The third-order valence-electron chi connectivity index (χ3n) is 7.37. The number of amides is 1. The number of carbonyl (C=O) groups is 1. The van der Waals surface area contributed by atoms with Crippen molar-refractivity contribution in [2.45, 2.75) is 67.9 Å². The van der Waals surface area contributed by atoms with Crippen LogP contribution in [-0.4, -0.2) is 39.1 Å². The van der Waals surface area contributed by atoms with E-state index in [4.69, 9.17) is 4.74 Å². The molecule has 1 unspecified atom stereocenters. The van der Waals surface area contributed by atoms with Crippen molar-refractivity contribution in [1.82, 2.24) is 10.0 Å². The maximum Gasteiger partial charge on any atom is 0.251 e. The van der Waals surface area contributed by atoms with Gasteiger partial charge in [-0.1, -0.05) is 0 Å². The van der Waals surface area contributed by atoms with E-state index in [0.717, 1.165) is 49.9 Å². The molecule has 29 heavy (non-hydrogen) atoms. The van der Waals surface area contributed by atoms with E-state index in [9.17, 15) is 13.2 Å². The van der Waals surface area contributed by atoms with Crippen LogP contribution in [0.5, 0.6) is 0 Å². The van der Waals surface area contributed by atoms with Crippen molar-refractivity contribution in [3.63, 3.8) is 0 Å². The Labute approximate surface area is 172 Å². The second-order valence-electron chi connectivity index (χ2n) is 9.66. The zero-order chi connectivity index (χ0) is 20.1. The smallest absolute Gasteiger partial charge is 0.251 e. The summed E-state index contributed by atoms with van der Waals surface area (Å²) in [5, 5.41) is 3.34. The van der Waals surface area contributed by atoms with Gasteiger partial charge in [-0.05, 0) is 93.4 Å². The van der Waals surface area contributed by atoms with Gasteiger partial charge in [0.05, 0.1) is 11.0 Å². The Hall–Kier alpha value is -1.44. The van der Waals surface area contributed by atoms with Gasteiger partial charge >= 0.3 is 0 Å². The molecule has 5 fully saturated rings. The Kier molecular flexibility index (Phi) is 4.95. The third-order valence-corrected chi connectivity index (χ3v) is 8.81. The molecule has 0 aromatic heterocycles. The zero-order valence-electron chi connectivity index (χ0n) is 16.7. The molecule has 2 N–H and O–H groups in total. The van der Waals surface area contributed by atoms with Crippen LogP contribution >= 0.6 is 0 Å². The highest BCUT2D eigenvalue weighted by atomic mass is 32.2. The third kappa shape index (κ3) is 3.97. The van der Waals surface area contributed by atoms with Gasteiger partial charge in [0.15, 0.2) is 0 Å². The first-order valence-corrected chi connectivity index (χ1v) is 12.4. The van der Waals surface area contributed by atoms with E-state index in [-0.39, 0.29) is 29.0 Å². The lowest BCUT2D eigenvalue weighted by atomic mass is 9.53. The normalized spacial score (nSPS) is 35.7. The van der Waals surface area contributed by atoms with Crippen molar-refractivity contribution in [1.29, 1.82) is 0 Å². The van der Waals surface area contributed by atoms with E-state index >= 15 is 0 Å². The van der Waals surface area contributed by atoms with Crippen LogP contribution in [0, 0.1) is 17.8 Å². The fourth-order valence-corrected chi connectivity index (χ4v) is 7.52. The number of hydrogen-bond acceptors (Lipinski definition) is 4. The van der Waals surface area contributed by atoms with Gasteiger partial charge in [-0.25, -0.2) is 13.1 Å². The van der Waals surface area contributed by atoms with E-state index in [1.165, 1.54) is 31.4 Å². The summed E-state index contributed by atoms with van der Waals surface area (Å²) in [6, 6.07) is 6.28. The second-order valence-corrected chi connectivity index (χ2v) is 11.4. The van der Waals surface area contributed by atoms with Gasteiger partial charge in [0.2, 0.25) is 10.0 Å². The molecule has 158 valence electrons. The fraction of sp³-hybridized carbons (Fsp3) is 0.682. The van der Waals surface area contributed by atoms with Crippen LogP contribution < -0.4 is 10.0 Å². The molecule has 1 aromatic rings. The lowest BCUT2D eigenvalue weighted by Gasteiger charge is -2.56. The summed E-state index contributed by atoms with van der Waals surface area (Å²) < 4.78 is 33.1. The summed E-state index contributed by atoms with van der Waals surface area (Å²) in [4.78, 5) is 13.1. The molecule has 7 heteroatoms. The summed E-state index contributed by atoms with van der Waals surface area (Å²) >= 11 is 0. The minimum absolute atomic E-state index is 0.0422. The summed E-state index contributed by atoms with van der Waals surface area (Å²) in [6.45, 7) is 0.983. The molecule has 0 spiro atoms. The predicted molar refractivity (Wildman–Crippen MR) is 109 cm³/mol. The van der Waals surface area contributed by atoms with E-state index in [1.807, 2.05) is 0 Å². The maximum atomic E-state index is 12.9. The Morgan fingerprint density at radius 1 is 1.03 bits per heavy atom. The van der Waals surface area contributed by atoms with Crippen molar-refractivity contribution in [2.75, 3.05) is 13.2 Å². The van der Waals surface area contributed by atoms with Gasteiger partial charge < -0.3 is 10.1 Å². The van der Waals surface area contributed by atoms with Gasteiger partial charge in [-0.3, -0.25) is 4.79 Å². The highest BCUT2D eigenvalue weighted by Gasteiger charge is 2.51. The standard InChI is InChI=1S/C22H30N2O4S/c25-21(24-22-11-15-8-16(12-22)10-17(9-15)13-22)18-3-5-20(6-4-18)29(26,27)23-14-19-2-1-7-28-19/h3-6,15-17,19,23H,1-2,7-14H2,(H,24,25). The molecule has 4 bridgehead atoms. The molecule has 1 aliphatic heterocycles. The molecule has 6 nitrogen and oxygen atoms in total. The molecule has 1 aromatic carbocycles. The first kappa shape index (κ1) is 19.5. The van der Waals surface area contributed by atoms with E-state index in [2.05, 4.69) is 10.0 Å². The van der Waals surface area contributed by atoms with Crippen LogP contribution in [0.15, 0.2) is 29.2 Å². The molecule has 4 aliphatic carbocycles. The minimum atomic E-state index is -3.60. The first-order valence-electron chi connectivity index (χ1n) is 10.9. The number of rotatable bonds is 6. The maximum absolute atomic E-state index is 12.9. The second kappa shape index (κ2) is 7.36. The molecular formula is C22H30N2O4S. The van der Waals surface area contributed by atoms with Gasteiger partial charge in [0.25, 0.3) is 5.91 Å². The molecule has 1 atom stereocenters. The van der Waals surface area contributed by atoms with E-state index in [0.29, 0.717) is 12.2 Å². The van der Waals surface area contributed by atoms with Crippen LogP contribution in [0.3, 0.4) is 0 Å². The Balaban J connectivity index is 1.23. The summed E-state index contributed by atoms with van der Waals surface area (Å²) in [7, 11) is -3.60. The van der Waals surface area contributed by atoms with E-state index < -0.39 is 10.0 Å². The average molecular weight is 419 g/mol. The highest BCUT2D eigenvalue weighted by molar-refractivity contribution is 7.89. The van der Waals surface area contributed by atoms with Gasteiger partial charge in [-0.2, -0.15) is 0 Å². The van der Waals surface area contributed by atoms with Crippen molar-refractivity contribution in [3.8, 4) is 0 Å². The summed E-state index contributed by atoms with van der Waals surface area (Å²) in [5.41, 5.74) is 0.484. The number of sulfonamides is 1. The minimum Gasteiger partial charge on any atom is -0.377 e. The van der Waals surface area contributed by atoms with Crippen molar-refractivity contribution >= 4 is 15.9 Å². The Morgan fingerprint density at radius 2 is 1.66 bits per heavy atom. The van der Waals surface area contributed by atoms with Crippen LogP contribution in [0.4, 0.5) is 0 Å². The van der Waals surface area contributed by atoms with E-state index in [1.54, 1.807) is 12.1 Å². The quantitative estimate of drug-likeness (QED) is 0.744. The van der Waals surface area contributed by atoms with Crippen molar-refractivity contribution < 1.29 is 17.9 Å². The molecule has 5 aliphatic rings. The zero-order valence-corrected chi connectivity index (χ0v) is 17.5. The predicted octanol–water partition coefficient (Wildman–Crippen LogP) is 2.84. The molecule has 0 radical (unpaired) electrons. The number of ether oxygens (including phenoxy) is 1. The molecule has 1 amide bonds. The fourth-order valence-electron chi connectivity index (χ4n) is 6.45. The average Bonchev–Trinajstić information content (AvgIpc) is 3.19. The van der Waals surface area contributed by atoms with Crippen LogP contribution in [0.2, 0.25) is 0 Å². The first-order chi connectivity index (χ1) is 13.9. The number of carbonyl (C=O) groups excluding carboxylic acids is 1. The van der Waals surface area contributed by atoms with Crippen molar-refractivity contribution in [3.05, 3.63) is 29.8 Å². The lowest BCUT2D eigenvalue weighted by Crippen LogP contribution is -2.59. The number of nitrogens with one attached hydrogen (secondary N) is 2. The number of hydrogen-bond donors (Lipinski definition) is 2. The van der Waals surface area contributed by atoms with Crippen LogP contribution in [0.25, 0.3) is 0 Å². The largest absolute Gasteiger partial charge is 0.377 e. The topological polar surface area (TPSA) is 84.5 Å². The lowest BCUT2D eigenvalue weighted by molar-refractivity contribution is -0.0167. The Morgan fingerprint density at radius 3 is 2.21 bits per heavy atom. The van der Waals surface area contributed by atoms with Crippen LogP contribution in [-0.2, 0) is 14.8 Å². The molecule has 1 saturated heterocycles. The van der Waals surface area contributed by atoms with Crippen LogP contribution in [0.1, 0.15) is 61.7 Å². The molecular weight excluding hydrogens is 388 g/mol.